The quantitative estimate of drug-likeness (QED) is 0.728. The van der Waals surface area contributed by atoms with E-state index in [9.17, 15) is 13.2 Å². The van der Waals surface area contributed by atoms with E-state index in [-0.39, 0.29) is 11.7 Å². The van der Waals surface area contributed by atoms with Gasteiger partial charge in [0.05, 0.1) is 5.75 Å². The van der Waals surface area contributed by atoms with Crippen molar-refractivity contribution in [3.05, 3.63) is 76.9 Å². The second-order valence-corrected chi connectivity index (χ2v) is 9.13. The highest BCUT2D eigenvalue weighted by atomic mass is 32.2. The molecular weight excluding hydrogens is 372 g/mol. The van der Waals surface area contributed by atoms with Gasteiger partial charge in [0.1, 0.15) is 0 Å². The van der Waals surface area contributed by atoms with Crippen LogP contribution in [-0.2, 0) is 20.6 Å². The van der Waals surface area contributed by atoms with Crippen LogP contribution in [0, 0.1) is 13.8 Å². The van der Waals surface area contributed by atoms with E-state index in [1.165, 1.54) is 9.87 Å². The number of sulfonamides is 1. The summed E-state index contributed by atoms with van der Waals surface area (Å²) in [6.45, 7) is 5.54. The third-order valence-electron chi connectivity index (χ3n) is 4.97. The SMILES string of the molecule is Cc1ccc(/C=C/C(=O)N2CCN(S(=O)(=O)Cc3ccccc3)CC2)c(C)c1. The fourth-order valence-electron chi connectivity index (χ4n) is 3.34. The number of hydrogen-bond acceptors (Lipinski definition) is 3. The Morgan fingerprint density at radius 3 is 2.32 bits per heavy atom. The van der Waals surface area contributed by atoms with Crippen molar-refractivity contribution in [2.45, 2.75) is 19.6 Å². The van der Waals surface area contributed by atoms with Gasteiger partial charge >= 0.3 is 0 Å². The van der Waals surface area contributed by atoms with E-state index in [0.29, 0.717) is 26.2 Å². The van der Waals surface area contributed by atoms with E-state index in [4.69, 9.17) is 0 Å². The van der Waals surface area contributed by atoms with E-state index in [1.54, 1.807) is 11.0 Å². The van der Waals surface area contributed by atoms with Crippen molar-refractivity contribution in [3.63, 3.8) is 0 Å². The monoisotopic (exact) mass is 398 g/mol. The van der Waals surface area contributed by atoms with Gasteiger partial charge in [-0.05, 0) is 36.6 Å². The maximum Gasteiger partial charge on any atom is 0.246 e. The number of rotatable bonds is 5. The Bertz CT molecular complexity index is 961. The number of hydrogen-bond donors (Lipinski definition) is 0. The number of benzene rings is 2. The number of carbonyl (C=O) groups excluding carboxylic acids is 1. The molecule has 5 nitrogen and oxygen atoms in total. The van der Waals surface area contributed by atoms with Crippen LogP contribution in [0.1, 0.15) is 22.3 Å². The van der Waals surface area contributed by atoms with Gasteiger partial charge in [-0.1, -0.05) is 54.1 Å². The van der Waals surface area contributed by atoms with Gasteiger partial charge in [0.2, 0.25) is 15.9 Å². The van der Waals surface area contributed by atoms with Crippen LogP contribution in [0.25, 0.3) is 6.08 Å². The molecule has 28 heavy (non-hydrogen) atoms. The van der Waals surface area contributed by atoms with Gasteiger partial charge in [0, 0.05) is 32.3 Å². The average molecular weight is 399 g/mol. The zero-order valence-electron chi connectivity index (χ0n) is 16.3. The molecule has 1 aliphatic heterocycles. The molecule has 0 bridgehead atoms. The van der Waals surface area contributed by atoms with Crippen LogP contribution in [0.5, 0.6) is 0 Å². The van der Waals surface area contributed by atoms with E-state index in [2.05, 4.69) is 6.07 Å². The molecule has 0 unspecified atom stereocenters. The van der Waals surface area contributed by atoms with Gasteiger partial charge in [0.15, 0.2) is 0 Å². The fraction of sp³-hybridized carbons (Fsp3) is 0.318. The minimum atomic E-state index is -3.37. The van der Waals surface area contributed by atoms with Crippen molar-refractivity contribution in [1.82, 2.24) is 9.21 Å². The molecule has 0 N–H and O–H groups in total. The summed E-state index contributed by atoms with van der Waals surface area (Å²) in [5, 5.41) is 0. The molecular formula is C22H26N2O3S. The van der Waals surface area contributed by atoms with E-state index in [1.807, 2.05) is 62.4 Å². The molecule has 1 saturated heterocycles. The van der Waals surface area contributed by atoms with E-state index in [0.717, 1.165) is 16.7 Å². The summed E-state index contributed by atoms with van der Waals surface area (Å²) in [5.74, 6) is -0.0888. The van der Waals surface area contributed by atoms with E-state index < -0.39 is 10.0 Å². The lowest BCUT2D eigenvalue weighted by atomic mass is 10.1. The van der Waals surface area contributed by atoms with Gasteiger partial charge < -0.3 is 4.90 Å². The molecule has 0 aromatic heterocycles. The van der Waals surface area contributed by atoms with Crippen molar-refractivity contribution >= 4 is 22.0 Å². The Morgan fingerprint density at radius 2 is 1.68 bits per heavy atom. The fourth-order valence-corrected chi connectivity index (χ4v) is 4.86. The highest BCUT2D eigenvalue weighted by Crippen LogP contribution is 2.15. The van der Waals surface area contributed by atoms with Gasteiger partial charge in [-0.15, -0.1) is 0 Å². The van der Waals surface area contributed by atoms with Crippen molar-refractivity contribution < 1.29 is 13.2 Å². The normalized spacial score (nSPS) is 15.9. The molecule has 0 atom stereocenters. The minimum absolute atomic E-state index is 0.00557. The molecule has 1 aliphatic rings. The van der Waals surface area contributed by atoms with Gasteiger partial charge in [-0.2, -0.15) is 4.31 Å². The molecule has 2 aromatic rings. The minimum Gasteiger partial charge on any atom is -0.337 e. The molecule has 2 aromatic carbocycles. The standard InChI is InChI=1S/C22H26N2O3S/c1-18-8-9-21(19(2)16-18)10-11-22(25)23-12-14-24(15-13-23)28(26,27)17-20-6-4-3-5-7-20/h3-11,16H,12-15,17H2,1-2H3/b11-10+. The summed E-state index contributed by atoms with van der Waals surface area (Å²) in [6.07, 6.45) is 3.40. The third kappa shape index (κ3) is 5.09. The second-order valence-electron chi connectivity index (χ2n) is 7.16. The molecule has 6 heteroatoms. The van der Waals surface area contributed by atoms with Crippen molar-refractivity contribution in [2.75, 3.05) is 26.2 Å². The first-order valence-corrected chi connectivity index (χ1v) is 11.0. The Labute approximate surface area is 167 Å². The van der Waals surface area contributed by atoms with Gasteiger partial charge in [-0.25, -0.2) is 8.42 Å². The lowest BCUT2D eigenvalue weighted by Crippen LogP contribution is -2.50. The van der Waals surface area contributed by atoms with Gasteiger partial charge in [-0.3, -0.25) is 4.79 Å². The second kappa shape index (κ2) is 8.71. The summed E-state index contributed by atoms with van der Waals surface area (Å²) in [4.78, 5) is 14.2. The van der Waals surface area contributed by atoms with Gasteiger partial charge in [0.25, 0.3) is 0 Å². The number of aryl methyl sites for hydroxylation is 2. The first kappa shape index (κ1) is 20.3. The van der Waals surface area contributed by atoms with Crippen LogP contribution in [0.2, 0.25) is 0 Å². The molecule has 0 aliphatic carbocycles. The van der Waals surface area contributed by atoms with Crippen LogP contribution < -0.4 is 0 Å². The Balaban J connectivity index is 1.57. The predicted molar refractivity (Wildman–Crippen MR) is 112 cm³/mol. The van der Waals surface area contributed by atoms with Crippen LogP contribution in [0.4, 0.5) is 0 Å². The highest BCUT2D eigenvalue weighted by molar-refractivity contribution is 7.88. The van der Waals surface area contributed by atoms with Crippen LogP contribution in [0.3, 0.4) is 0 Å². The Hall–Kier alpha value is -2.44. The molecule has 148 valence electrons. The van der Waals surface area contributed by atoms with Crippen molar-refractivity contribution in [1.29, 1.82) is 0 Å². The number of piperazine rings is 1. The number of nitrogens with zero attached hydrogens (tertiary/aromatic N) is 2. The average Bonchev–Trinajstić information content (AvgIpc) is 2.67. The zero-order valence-corrected chi connectivity index (χ0v) is 17.2. The molecule has 0 spiro atoms. The number of amides is 1. The first-order valence-electron chi connectivity index (χ1n) is 9.41. The first-order chi connectivity index (χ1) is 13.3. The lowest BCUT2D eigenvalue weighted by Gasteiger charge is -2.33. The lowest BCUT2D eigenvalue weighted by molar-refractivity contribution is -0.127. The molecule has 0 saturated carbocycles. The summed E-state index contributed by atoms with van der Waals surface area (Å²) < 4.78 is 26.7. The van der Waals surface area contributed by atoms with Crippen molar-refractivity contribution in [2.24, 2.45) is 0 Å². The highest BCUT2D eigenvalue weighted by Gasteiger charge is 2.28. The smallest absolute Gasteiger partial charge is 0.246 e. The number of carbonyl (C=O) groups is 1. The van der Waals surface area contributed by atoms with Crippen molar-refractivity contribution in [3.8, 4) is 0 Å². The summed E-state index contributed by atoms with van der Waals surface area (Å²) in [5.41, 5.74) is 4.11. The summed E-state index contributed by atoms with van der Waals surface area (Å²) >= 11 is 0. The van der Waals surface area contributed by atoms with Crippen LogP contribution >= 0.6 is 0 Å². The predicted octanol–water partition coefficient (Wildman–Crippen LogP) is 2.99. The maximum atomic E-state index is 12.6. The summed E-state index contributed by atoms with van der Waals surface area (Å²) in [7, 11) is -3.37. The topological polar surface area (TPSA) is 57.7 Å². The van der Waals surface area contributed by atoms with E-state index >= 15 is 0 Å². The summed E-state index contributed by atoms with van der Waals surface area (Å²) in [6, 6.07) is 15.3. The maximum absolute atomic E-state index is 12.6. The van der Waals surface area contributed by atoms with Crippen LogP contribution in [-0.4, -0.2) is 49.7 Å². The molecule has 0 radical (unpaired) electrons. The molecule has 1 fully saturated rings. The third-order valence-corrected chi connectivity index (χ3v) is 6.82. The van der Waals surface area contributed by atoms with Crippen LogP contribution in [0.15, 0.2) is 54.6 Å². The molecule has 3 rings (SSSR count). The Kier molecular flexibility index (Phi) is 6.31. The Morgan fingerprint density at radius 1 is 1.00 bits per heavy atom. The molecule has 1 amide bonds. The zero-order chi connectivity index (χ0) is 20.1. The molecule has 1 heterocycles. The largest absolute Gasteiger partial charge is 0.337 e.